The van der Waals surface area contributed by atoms with E-state index in [4.69, 9.17) is 16.0 Å². The fraction of sp³-hybridized carbons (Fsp3) is 0.429. The van der Waals surface area contributed by atoms with E-state index in [-0.39, 0.29) is 0 Å². The van der Waals surface area contributed by atoms with Crippen molar-refractivity contribution in [3.05, 3.63) is 35.0 Å². The van der Waals surface area contributed by atoms with Crippen LogP contribution in [0.3, 0.4) is 0 Å². The van der Waals surface area contributed by atoms with E-state index < -0.39 is 10.0 Å². The van der Waals surface area contributed by atoms with E-state index in [9.17, 15) is 8.42 Å². The third-order valence-corrected chi connectivity index (χ3v) is 5.25. The molecule has 7 heteroatoms. The Hall–Kier alpha value is -1.08. The molecule has 114 valence electrons. The SMILES string of the molecule is CS(=O)(=O)N1CCN(Cc2cc3cc(Cl)ccc3o2)CC1. The minimum atomic E-state index is -3.08. The number of piperazine rings is 1. The molecule has 1 saturated heterocycles. The van der Waals surface area contributed by atoms with Gasteiger partial charge in [0.1, 0.15) is 11.3 Å². The van der Waals surface area contributed by atoms with Crippen molar-refractivity contribution < 1.29 is 12.8 Å². The first kappa shape index (κ1) is 14.8. The summed E-state index contributed by atoms with van der Waals surface area (Å²) in [5.74, 6) is 0.875. The fourth-order valence-electron chi connectivity index (χ4n) is 2.59. The molecule has 0 aliphatic carbocycles. The Bertz CT molecular complexity index is 749. The zero-order valence-corrected chi connectivity index (χ0v) is 13.3. The smallest absolute Gasteiger partial charge is 0.211 e. The van der Waals surface area contributed by atoms with Gasteiger partial charge in [-0.2, -0.15) is 4.31 Å². The molecule has 0 amide bonds. The van der Waals surface area contributed by atoms with Crippen LogP contribution in [-0.4, -0.2) is 50.1 Å². The first-order valence-electron chi connectivity index (χ1n) is 6.77. The van der Waals surface area contributed by atoms with Gasteiger partial charge in [-0.3, -0.25) is 4.90 Å². The molecule has 0 saturated carbocycles. The Labute approximate surface area is 129 Å². The number of furan rings is 1. The van der Waals surface area contributed by atoms with Crippen LogP contribution in [0.25, 0.3) is 11.0 Å². The highest BCUT2D eigenvalue weighted by molar-refractivity contribution is 7.88. The number of halogens is 1. The predicted molar refractivity (Wildman–Crippen MR) is 82.9 cm³/mol. The molecule has 0 radical (unpaired) electrons. The van der Waals surface area contributed by atoms with Crippen LogP contribution in [0.1, 0.15) is 5.76 Å². The highest BCUT2D eigenvalue weighted by Gasteiger charge is 2.23. The molecule has 1 aliphatic rings. The number of nitrogens with zero attached hydrogens (tertiary/aromatic N) is 2. The van der Waals surface area contributed by atoms with E-state index in [2.05, 4.69) is 4.90 Å². The van der Waals surface area contributed by atoms with Gasteiger partial charge in [0.2, 0.25) is 10.0 Å². The molecule has 1 aromatic heterocycles. The highest BCUT2D eigenvalue weighted by atomic mass is 35.5. The van der Waals surface area contributed by atoms with Gasteiger partial charge in [-0.15, -0.1) is 0 Å². The zero-order chi connectivity index (χ0) is 15.0. The topological polar surface area (TPSA) is 53.8 Å². The second kappa shape index (κ2) is 5.61. The highest BCUT2D eigenvalue weighted by Crippen LogP contribution is 2.24. The average molecular weight is 329 g/mol. The minimum Gasteiger partial charge on any atom is -0.460 e. The Balaban J connectivity index is 1.67. The third-order valence-electron chi connectivity index (χ3n) is 3.71. The summed E-state index contributed by atoms with van der Waals surface area (Å²) in [6.45, 7) is 3.18. The summed E-state index contributed by atoms with van der Waals surface area (Å²) >= 11 is 5.96. The van der Waals surface area contributed by atoms with Gasteiger partial charge >= 0.3 is 0 Å². The van der Waals surface area contributed by atoms with Crippen molar-refractivity contribution in [2.75, 3.05) is 32.4 Å². The molecule has 0 spiro atoms. The van der Waals surface area contributed by atoms with Crippen LogP contribution < -0.4 is 0 Å². The first-order valence-corrected chi connectivity index (χ1v) is 9.00. The lowest BCUT2D eigenvalue weighted by Gasteiger charge is -2.32. The van der Waals surface area contributed by atoms with Crippen LogP contribution in [0.4, 0.5) is 0 Å². The van der Waals surface area contributed by atoms with Gasteiger partial charge in [-0.05, 0) is 24.3 Å². The summed E-state index contributed by atoms with van der Waals surface area (Å²) in [7, 11) is -3.08. The molecular formula is C14H17ClN2O3S. The third kappa shape index (κ3) is 3.40. The number of hydrogen-bond acceptors (Lipinski definition) is 4. The molecule has 2 aromatic rings. The standard InChI is InChI=1S/C14H17ClN2O3S/c1-21(18,19)17-6-4-16(5-7-17)10-13-9-11-8-12(15)2-3-14(11)20-13/h2-3,8-9H,4-7,10H2,1H3. The largest absolute Gasteiger partial charge is 0.460 e. The molecular weight excluding hydrogens is 312 g/mol. The lowest BCUT2D eigenvalue weighted by molar-refractivity contribution is 0.172. The molecule has 0 unspecified atom stereocenters. The summed E-state index contributed by atoms with van der Waals surface area (Å²) in [6, 6.07) is 7.54. The normalized spacial score (nSPS) is 18.4. The minimum absolute atomic E-state index is 0.533. The quantitative estimate of drug-likeness (QED) is 0.866. The van der Waals surface area contributed by atoms with E-state index in [0.29, 0.717) is 37.7 Å². The number of fused-ring (bicyclic) bond motifs is 1. The van der Waals surface area contributed by atoms with Crippen LogP contribution in [0, 0.1) is 0 Å². The monoisotopic (exact) mass is 328 g/mol. The van der Waals surface area contributed by atoms with Gasteiger partial charge in [0.05, 0.1) is 12.8 Å². The maximum atomic E-state index is 11.5. The van der Waals surface area contributed by atoms with Crippen LogP contribution in [0.2, 0.25) is 5.02 Å². The molecule has 0 N–H and O–H groups in total. The van der Waals surface area contributed by atoms with Crippen molar-refractivity contribution >= 4 is 32.6 Å². The molecule has 0 bridgehead atoms. The second-order valence-corrected chi connectivity index (χ2v) is 7.75. The molecule has 5 nitrogen and oxygen atoms in total. The number of sulfonamides is 1. The van der Waals surface area contributed by atoms with Crippen molar-refractivity contribution in [2.45, 2.75) is 6.54 Å². The van der Waals surface area contributed by atoms with E-state index in [1.54, 1.807) is 0 Å². The van der Waals surface area contributed by atoms with Gasteiger partial charge in [-0.1, -0.05) is 11.6 Å². The lowest BCUT2D eigenvalue weighted by atomic mass is 10.2. The summed E-state index contributed by atoms with van der Waals surface area (Å²) in [5.41, 5.74) is 0.823. The summed E-state index contributed by atoms with van der Waals surface area (Å²) in [5, 5.41) is 1.68. The summed E-state index contributed by atoms with van der Waals surface area (Å²) < 4.78 is 30.3. The van der Waals surface area contributed by atoms with E-state index in [1.807, 2.05) is 24.3 Å². The summed E-state index contributed by atoms with van der Waals surface area (Å²) in [6.07, 6.45) is 1.26. The Morgan fingerprint density at radius 1 is 1.19 bits per heavy atom. The molecule has 0 atom stereocenters. The van der Waals surface area contributed by atoms with Gasteiger partial charge in [-0.25, -0.2) is 8.42 Å². The first-order chi connectivity index (χ1) is 9.91. The summed E-state index contributed by atoms with van der Waals surface area (Å²) in [4.78, 5) is 2.20. The zero-order valence-electron chi connectivity index (χ0n) is 11.8. The number of rotatable bonds is 3. The average Bonchev–Trinajstić information content (AvgIpc) is 2.79. The lowest BCUT2D eigenvalue weighted by Crippen LogP contribution is -2.47. The van der Waals surface area contributed by atoms with Gasteiger partial charge in [0.15, 0.2) is 0 Å². The van der Waals surface area contributed by atoms with E-state index in [0.717, 1.165) is 16.7 Å². The van der Waals surface area contributed by atoms with Crippen LogP contribution in [0.5, 0.6) is 0 Å². The predicted octanol–water partition coefficient (Wildman–Crippen LogP) is 2.16. The van der Waals surface area contributed by atoms with Gasteiger partial charge in [0.25, 0.3) is 0 Å². The van der Waals surface area contributed by atoms with Crippen molar-refractivity contribution in [3.8, 4) is 0 Å². The molecule has 2 heterocycles. The van der Waals surface area contributed by atoms with Crippen molar-refractivity contribution in [3.63, 3.8) is 0 Å². The molecule has 1 aromatic carbocycles. The van der Waals surface area contributed by atoms with Crippen molar-refractivity contribution in [2.24, 2.45) is 0 Å². The van der Waals surface area contributed by atoms with Gasteiger partial charge in [0, 0.05) is 36.6 Å². The van der Waals surface area contributed by atoms with Crippen molar-refractivity contribution in [1.29, 1.82) is 0 Å². The molecule has 21 heavy (non-hydrogen) atoms. The van der Waals surface area contributed by atoms with Crippen LogP contribution in [0.15, 0.2) is 28.7 Å². The fourth-order valence-corrected chi connectivity index (χ4v) is 3.59. The van der Waals surface area contributed by atoms with E-state index >= 15 is 0 Å². The van der Waals surface area contributed by atoms with E-state index in [1.165, 1.54) is 10.6 Å². The maximum Gasteiger partial charge on any atom is 0.211 e. The molecule has 3 rings (SSSR count). The second-order valence-electron chi connectivity index (χ2n) is 5.33. The molecule has 1 fully saturated rings. The van der Waals surface area contributed by atoms with Crippen LogP contribution in [-0.2, 0) is 16.6 Å². The Morgan fingerprint density at radius 3 is 2.57 bits per heavy atom. The van der Waals surface area contributed by atoms with Crippen molar-refractivity contribution in [1.82, 2.24) is 9.21 Å². The maximum absolute atomic E-state index is 11.5. The van der Waals surface area contributed by atoms with Crippen LogP contribution >= 0.6 is 11.6 Å². The molecule has 1 aliphatic heterocycles. The Morgan fingerprint density at radius 2 is 1.90 bits per heavy atom. The number of benzene rings is 1. The van der Waals surface area contributed by atoms with Gasteiger partial charge < -0.3 is 4.42 Å². The Kier molecular flexibility index (Phi) is 3.96. The number of hydrogen-bond donors (Lipinski definition) is 0.